The van der Waals surface area contributed by atoms with Gasteiger partial charge in [-0.1, -0.05) is 51.4 Å². The van der Waals surface area contributed by atoms with Gasteiger partial charge in [-0.2, -0.15) is 0 Å². The summed E-state index contributed by atoms with van der Waals surface area (Å²) in [5.41, 5.74) is 3.68. The van der Waals surface area contributed by atoms with Gasteiger partial charge < -0.3 is 4.84 Å². The molecule has 126 valence electrons. The summed E-state index contributed by atoms with van der Waals surface area (Å²) in [5, 5.41) is 4.03. The molecular formula is C19H15BrN2O3. The molecule has 5 nitrogen and oxygen atoms in total. The molecule has 1 saturated heterocycles. The van der Waals surface area contributed by atoms with E-state index < -0.39 is 12.0 Å². The molecule has 2 aromatic rings. The summed E-state index contributed by atoms with van der Waals surface area (Å²) in [6.45, 7) is 3.78. The molecule has 2 amide bonds. The van der Waals surface area contributed by atoms with Gasteiger partial charge in [0.2, 0.25) is 12.0 Å². The van der Waals surface area contributed by atoms with Crippen molar-refractivity contribution < 1.29 is 14.4 Å². The number of carbonyl (C=O) groups excluding carboxylic acids is 2. The van der Waals surface area contributed by atoms with Crippen LogP contribution >= 0.6 is 15.9 Å². The fraction of sp³-hybridized carbons (Fsp3) is 0.211. The highest BCUT2D eigenvalue weighted by Gasteiger charge is 2.56. The average Bonchev–Trinajstić information content (AvgIpc) is 3.11. The van der Waals surface area contributed by atoms with Gasteiger partial charge in [0.25, 0.3) is 5.91 Å². The zero-order valence-corrected chi connectivity index (χ0v) is 15.3. The topological polar surface area (TPSA) is 59.0 Å². The molecule has 2 atom stereocenters. The summed E-state index contributed by atoms with van der Waals surface area (Å²) in [7, 11) is 0. The molecule has 4 rings (SSSR count). The quantitative estimate of drug-likeness (QED) is 0.728. The van der Waals surface area contributed by atoms with E-state index in [1.165, 1.54) is 4.90 Å². The molecule has 2 aliphatic heterocycles. The first-order chi connectivity index (χ1) is 12.0. The van der Waals surface area contributed by atoms with Crippen LogP contribution in [-0.4, -0.2) is 23.6 Å². The Morgan fingerprint density at radius 1 is 1.00 bits per heavy atom. The number of amides is 2. The van der Waals surface area contributed by atoms with E-state index in [9.17, 15) is 9.59 Å². The highest BCUT2D eigenvalue weighted by atomic mass is 79.9. The Morgan fingerprint density at radius 3 is 2.28 bits per heavy atom. The van der Waals surface area contributed by atoms with E-state index in [-0.39, 0.29) is 11.8 Å². The van der Waals surface area contributed by atoms with Crippen LogP contribution in [-0.2, 0) is 14.4 Å². The highest BCUT2D eigenvalue weighted by molar-refractivity contribution is 9.10. The van der Waals surface area contributed by atoms with E-state index in [1.807, 2.05) is 56.3 Å². The van der Waals surface area contributed by atoms with Crippen LogP contribution in [0, 0.1) is 19.8 Å². The number of hydrogen-bond donors (Lipinski definition) is 0. The van der Waals surface area contributed by atoms with E-state index in [1.54, 1.807) is 0 Å². The molecule has 0 aliphatic carbocycles. The lowest BCUT2D eigenvalue weighted by atomic mass is 9.94. The van der Waals surface area contributed by atoms with Gasteiger partial charge in [0.15, 0.2) is 0 Å². The number of anilines is 1. The van der Waals surface area contributed by atoms with Gasteiger partial charge in [-0.3, -0.25) is 9.59 Å². The average molecular weight is 399 g/mol. The number of halogens is 1. The standard InChI is InChI=1S/C19H15BrN2O3/c1-10-4-3-5-11(2)16(10)22-18(23)14-15(21-25-17(14)19(22)24)12-6-8-13(20)9-7-12/h3-9,14,17H,1-2H3/t14-,17+/m0/s1. The maximum Gasteiger partial charge on any atom is 0.278 e. The number of carbonyl (C=O) groups is 2. The molecule has 2 aromatic carbocycles. The third kappa shape index (κ3) is 2.40. The lowest BCUT2D eigenvalue weighted by Crippen LogP contribution is -2.34. The van der Waals surface area contributed by atoms with Crippen LogP contribution in [0.3, 0.4) is 0 Å². The molecule has 0 saturated carbocycles. The van der Waals surface area contributed by atoms with Gasteiger partial charge in [0.05, 0.1) is 5.69 Å². The number of imide groups is 1. The molecular weight excluding hydrogens is 384 g/mol. The lowest BCUT2D eigenvalue weighted by Gasteiger charge is -2.20. The molecule has 2 heterocycles. The smallest absolute Gasteiger partial charge is 0.278 e. The third-order valence-electron chi connectivity index (χ3n) is 4.62. The van der Waals surface area contributed by atoms with Crippen LogP contribution in [0.4, 0.5) is 5.69 Å². The van der Waals surface area contributed by atoms with Gasteiger partial charge in [-0.25, -0.2) is 4.90 Å². The molecule has 0 unspecified atom stereocenters. The molecule has 0 bridgehead atoms. The van der Waals surface area contributed by atoms with E-state index in [0.717, 1.165) is 21.2 Å². The summed E-state index contributed by atoms with van der Waals surface area (Å²) >= 11 is 3.39. The van der Waals surface area contributed by atoms with Crippen LogP contribution in [0.5, 0.6) is 0 Å². The van der Waals surface area contributed by atoms with Gasteiger partial charge in [0, 0.05) is 10.0 Å². The molecule has 0 spiro atoms. The SMILES string of the molecule is Cc1cccc(C)c1N1C(=O)[C@H]2C(c3ccc(Br)cc3)=NO[C@H]2C1=O. The number of para-hydroxylation sites is 1. The van der Waals surface area contributed by atoms with Gasteiger partial charge in [-0.15, -0.1) is 0 Å². The van der Waals surface area contributed by atoms with Crippen LogP contribution in [0.2, 0.25) is 0 Å². The Morgan fingerprint density at radius 2 is 1.64 bits per heavy atom. The maximum atomic E-state index is 13.1. The molecule has 2 aliphatic rings. The predicted molar refractivity (Wildman–Crippen MR) is 97.5 cm³/mol. The van der Waals surface area contributed by atoms with Crippen molar-refractivity contribution in [1.29, 1.82) is 0 Å². The number of fused-ring (bicyclic) bond motifs is 1. The van der Waals surface area contributed by atoms with Crippen molar-refractivity contribution in [3.63, 3.8) is 0 Å². The summed E-state index contributed by atoms with van der Waals surface area (Å²) in [6.07, 6.45) is -0.884. The largest absolute Gasteiger partial charge is 0.381 e. The van der Waals surface area contributed by atoms with Crippen LogP contribution in [0.15, 0.2) is 52.1 Å². The summed E-state index contributed by atoms with van der Waals surface area (Å²) in [6, 6.07) is 13.1. The zero-order valence-electron chi connectivity index (χ0n) is 13.7. The number of nitrogens with zero attached hydrogens (tertiary/aromatic N) is 2. The van der Waals surface area contributed by atoms with E-state index in [0.29, 0.717) is 11.4 Å². The molecule has 0 radical (unpaired) electrons. The van der Waals surface area contributed by atoms with Crippen LogP contribution in [0.1, 0.15) is 16.7 Å². The molecule has 0 N–H and O–H groups in total. The monoisotopic (exact) mass is 398 g/mol. The van der Waals surface area contributed by atoms with Crippen molar-refractivity contribution >= 4 is 39.1 Å². The number of hydrogen-bond acceptors (Lipinski definition) is 4. The van der Waals surface area contributed by atoms with E-state index in [4.69, 9.17) is 4.84 Å². The normalized spacial score (nSPS) is 22.0. The van der Waals surface area contributed by atoms with Crippen molar-refractivity contribution in [1.82, 2.24) is 0 Å². The second-order valence-corrected chi connectivity index (χ2v) is 7.16. The second-order valence-electron chi connectivity index (χ2n) is 6.24. The zero-order chi connectivity index (χ0) is 17.7. The van der Waals surface area contributed by atoms with Crippen molar-refractivity contribution in [2.45, 2.75) is 20.0 Å². The van der Waals surface area contributed by atoms with Crippen molar-refractivity contribution in [3.8, 4) is 0 Å². The minimum absolute atomic E-state index is 0.286. The first-order valence-electron chi connectivity index (χ1n) is 7.92. The summed E-state index contributed by atoms with van der Waals surface area (Å²) < 4.78 is 0.929. The Balaban J connectivity index is 1.75. The first-order valence-corrected chi connectivity index (χ1v) is 8.72. The molecule has 0 aromatic heterocycles. The molecule has 6 heteroatoms. The van der Waals surface area contributed by atoms with Crippen molar-refractivity contribution in [2.24, 2.45) is 11.1 Å². The second kappa shape index (κ2) is 5.81. The molecule has 1 fully saturated rings. The lowest BCUT2D eigenvalue weighted by molar-refractivity contribution is -0.126. The van der Waals surface area contributed by atoms with Gasteiger partial charge in [-0.05, 0) is 37.1 Å². The Kier molecular flexibility index (Phi) is 3.72. The first kappa shape index (κ1) is 16.0. The third-order valence-corrected chi connectivity index (χ3v) is 5.14. The predicted octanol–water partition coefficient (Wildman–Crippen LogP) is 3.36. The minimum Gasteiger partial charge on any atom is -0.381 e. The van der Waals surface area contributed by atoms with Crippen LogP contribution in [0.25, 0.3) is 0 Å². The van der Waals surface area contributed by atoms with E-state index >= 15 is 0 Å². The maximum absolute atomic E-state index is 13.1. The van der Waals surface area contributed by atoms with E-state index in [2.05, 4.69) is 21.1 Å². The summed E-state index contributed by atoms with van der Waals surface area (Å²) in [5.74, 6) is -1.34. The fourth-order valence-electron chi connectivity index (χ4n) is 3.42. The van der Waals surface area contributed by atoms with Crippen molar-refractivity contribution in [2.75, 3.05) is 4.90 Å². The minimum atomic E-state index is -0.884. The Bertz CT molecular complexity index is 901. The van der Waals surface area contributed by atoms with Crippen LogP contribution < -0.4 is 4.90 Å². The fourth-order valence-corrected chi connectivity index (χ4v) is 3.68. The number of rotatable bonds is 2. The summed E-state index contributed by atoms with van der Waals surface area (Å²) in [4.78, 5) is 32.5. The Labute approximate surface area is 153 Å². The number of benzene rings is 2. The highest BCUT2D eigenvalue weighted by Crippen LogP contribution is 2.37. The van der Waals surface area contributed by atoms with Crippen molar-refractivity contribution in [3.05, 3.63) is 63.6 Å². The number of aryl methyl sites for hydroxylation is 2. The Hall–Kier alpha value is -2.47. The number of oxime groups is 1. The van der Waals surface area contributed by atoms with Gasteiger partial charge in [0.1, 0.15) is 11.6 Å². The van der Waals surface area contributed by atoms with Gasteiger partial charge >= 0.3 is 0 Å². The molecule has 25 heavy (non-hydrogen) atoms.